The highest BCUT2D eigenvalue weighted by molar-refractivity contribution is 6.39. The topological polar surface area (TPSA) is 76.7 Å². The second-order valence-corrected chi connectivity index (χ2v) is 5.48. The standard InChI is InChI=1S/C17H13F3N2O4/c1-8(9-2-5-12-13(6-9)26-7-25-12)21-16(23)17(24)22-11-4-3-10(18)14(19)15(11)20/h2-6,8H,7H2,1H3,(H,21,23)(H,22,24)/t8-/m1/s1. The van der Waals surface area contributed by atoms with Gasteiger partial charge in [-0.05, 0) is 36.8 Å². The average molecular weight is 366 g/mol. The van der Waals surface area contributed by atoms with E-state index in [1.54, 1.807) is 25.1 Å². The van der Waals surface area contributed by atoms with Gasteiger partial charge in [0.25, 0.3) is 0 Å². The van der Waals surface area contributed by atoms with E-state index in [-0.39, 0.29) is 6.79 Å². The van der Waals surface area contributed by atoms with Crippen LogP contribution in [0.2, 0.25) is 0 Å². The third-order valence-electron chi connectivity index (χ3n) is 3.73. The summed E-state index contributed by atoms with van der Waals surface area (Å²) in [6.07, 6.45) is 0. The van der Waals surface area contributed by atoms with E-state index >= 15 is 0 Å². The lowest BCUT2D eigenvalue weighted by molar-refractivity contribution is -0.136. The normalized spacial score (nSPS) is 13.2. The molecule has 6 nitrogen and oxygen atoms in total. The van der Waals surface area contributed by atoms with Crippen molar-refractivity contribution in [1.29, 1.82) is 0 Å². The third-order valence-corrected chi connectivity index (χ3v) is 3.73. The minimum absolute atomic E-state index is 0.0989. The van der Waals surface area contributed by atoms with Crippen molar-refractivity contribution in [2.45, 2.75) is 13.0 Å². The number of anilines is 1. The first kappa shape index (κ1) is 17.6. The molecule has 9 heteroatoms. The van der Waals surface area contributed by atoms with E-state index in [0.717, 1.165) is 6.07 Å². The summed E-state index contributed by atoms with van der Waals surface area (Å²) in [4.78, 5) is 23.8. The molecule has 26 heavy (non-hydrogen) atoms. The fraction of sp³-hybridized carbons (Fsp3) is 0.176. The maximum atomic E-state index is 13.6. The van der Waals surface area contributed by atoms with Crippen molar-refractivity contribution < 1.29 is 32.2 Å². The molecule has 2 aromatic rings. The molecular formula is C17H13F3N2O4. The van der Waals surface area contributed by atoms with Crippen molar-refractivity contribution in [3.63, 3.8) is 0 Å². The van der Waals surface area contributed by atoms with Crippen molar-refractivity contribution in [3.8, 4) is 11.5 Å². The molecule has 2 aromatic carbocycles. The van der Waals surface area contributed by atoms with E-state index < -0.39 is 41.0 Å². The Balaban J connectivity index is 1.66. The Morgan fingerprint density at radius 3 is 2.50 bits per heavy atom. The van der Waals surface area contributed by atoms with Gasteiger partial charge in [-0.25, -0.2) is 13.2 Å². The summed E-state index contributed by atoms with van der Waals surface area (Å²) in [6, 6.07) is 5.89. The lowest BCUT2D eigenvalue weighted by atomic mass is 10.1. The maximum absolute atomic E-state index is 13.6. The number of rotatable bonds is 3. The Morgan fingerprint density at radius 2 is 1.73 bits per heavy atom. The van der Waals surface area contributed by atoms with Gasteiger partial charge in [-0.1, -0.05) is 6.07 Å². The first-order valence-electron chi connectivity index (χ1n) is 7.51. The van der Waals surface area contributed by atoms with Crippen LogP contribution in [0.3, 0.4) is 0 Å². The van der Waals surface area contributed by atoms with E-state index in [9.17, 15) is 22.8 Å². The molecule has 0 aromatic heterocycles. The molecule has 0 spiro atoms. The molecule has 0 fully saturated rings. The number of fused-ring (bicyclic) bond motifs is 1. The Kier molecular flexibility index (Phi) is 4.70. The molecule has 0 bridgehead atoms. The molecule has 2 amide bonds. The SMILES string of the molecule is C[C@@H](NC(=O)C(=O)Nc1ccc(F)c(F)c1F)c1ccc2c(c1)OCO2. The first-order valence-corrected chi connectivity index (χ1v) is 7.51. The predicted octanol–water partition coefficient (Wildman–Crippen LogP) is 2.65. The van der Waals surface area contributed by atoms with Crippen molar-refractivity contribution >= 4 is 17.5 Å². The van der Waals surface area contributed by atoms with E-state index in [2.05, 4.69) is 5.32 Å². The monoisotopic (exact) mass is 366 g/mol. The minimum Gasteiger partial charge on any atom is -0.454 e. The van der Waals surface area contributed by atoms with E-state index in [1.807, 2.05) is 5.32 Å². The quantitative estimate of drug-likeness (QED) is 0.647. The van der Waals surface area contributed by atoms with Crippen LogP contribution in [0.1, 0.15) is 18.5 Å². The molecule has 136 valence electrons. The molecule has 1 heterocycles. The van der Waals surface area contributed by atoms with Crippen LogP contribution in [0.5, 0.6) is 11.5 Å². The zero-order valence-electron chi connectivity index (χ0n) is 13.4. The largest absolute Gasteiger partial charge is 0.454 e. The Morgan fingerprint density at radius 1 is 1.00 bits per heavy atom. The van der Waals surface area contributed by atoms with Crippen LogP contribution in [-0.2, 0) is 9.59 Å². The molecule has 0 aliphatic carbocycles. The van der Waals surface area contributed by atoms with Gasteiger partial charge in [0.2, 0.25) is 6.79 Å². The van der Waals surface area contributed by atoms with Gasteiger partial charge >= 0.3 is 11.8 Å². The molecule has 1 aliphatic rings. The van der Waals surface area contributed by atoms with Gasteiger partial charge in [0.15, 0.2) is 29.0 Å². The third kappa shape index (κ3) is 3.41. The number of hydrogen-bond donors (Lipinski definition) is 2. The first-order chi connectivity index (χ1) is 12.4. The molecule has 0 unspecified atom stereocenters. The number of benzene rings is 2. The molecule has 0 radical (unpaired) electrons. The summed E-state index contributed by atoms with van der Waals surface area (Å²) < 4.78 is 50.0. The average Bonchev–Trinajstić information content (AvgIpc) is 3.09. The van der Waals surface area contributed by atoms with Crippen LogP contribution < -0.4 is 20.1 Å². The number of halogens is 3. The lowest BCUT2D eigenvalue weighted by Crippen LogP contribution is -2.37. The summed E-state index contributed by atoms with van der Waals surface area (Å²) in [7, 11) is 0. The van der Waals surface area contributed by atoms with Crippen LogP contribution >= 0.6 is 0 Å². The number of nitrogens with one attached hydrogen (secondary N) is 2. The van der Waals surface area contributed by atoms with Gasteiger partial charge in [0, 0.05) is 0 Å². The molecular weight excluding hydrogens is 353 g/mol. The second kappa shape index (κ2) is 6.95. The van der Waals surface area contributed by atoms with Crippen molar-refractivity contribution in [3.05, 3.63) is 53.3 Å². The van der Waals surface area contributed by atoms with E-state index in [4.69, 9.17) is 9.47 Å². The molecule has 0 saturated heterocycles. The van der Waals surface area contributed by atoms with Crippen LogP contribution in [0.25, 0.3) is 0 Å². The minimum atomic E-state index is -1.74. The van der Waals surface area contributed by atoms with Crippen LogP contribution in [0, 0.1) is 17.5 Å². The maximum Gasteiger partial charge on any atom is 0.313 e. The van der Waals surface area contributed by atoms with Crippen LogP contribution in [0.4, 0.5) is 18.9 Å². The number of ether oxygens (including phenoxy) is 2. The second-order valence-electron chi connectivity index (χ2n) is 5.48. The molecule has 0 saturated carbocycles. The molecule has 1 atom stereocenters. The van der Waals surface area contributed by atoms with Gasteiger partial charge in [0.05, 0.1) is 11.7 Å². The fourth-order valence-corrected chi connectivity index (χ4v) is 2.33. The Bertz CT molecular complexity index is 889. The Labute approximate surface area is 145 Å². The highest BCUT2D eigenvalue weighted by Gasteiger charge is 2.22. The number of amides is 2. The van der Waals surface area contributed by atoms with E-state index in [0.29, 0.717) is 23.1 Å². The van der Waals surface area contributed by atoms with Crippen molar-refractivity contribution in [2.75, 3.05) is 12.1 Å². The number of hydrogen-bond acceptors (Lipinski definition) is 4. The number of carbonyl (C=O) groups is 2. The highest BCUT2D eigenvalue weighted by atomic mass is 19.2. The summed E-state index contributed by atoms with van der Waals surface area (Å²) in [5.74, 6) is -5.94. The van der Waals surface area contributed by atoms with Crippen molar-refractivity contribution in [2.24, 2.45) is 0 Å². The van der Waals surface area contributed by atoms with Gasteiger partial charge in [-0.3, -0.25) is 9.59 Å². The molecule has 3 rings (SSSR count). The predicted molar refractivity (Wildman–Crippen MR) is 84.1 cm³/mol. The Hall–Kier alpha value is -3.23. The number of carbonyl (C=O) groups excluding carboxylic acids is 2. The lowest BCUT2D eigenvalue weighted by Gasteiger charge is -2.15. The van der Waals surface area contributed by atoms with Crippen LogP contribution in [-0.4, -0.2) is 18.6 Å². The van der Waals surface area contributed by atoms with E-state index in [1.165, 1.54) is 0 Å². The van der Waals surface area contributed by atoms with Gasteiger partial charge < -0.3 is 20.1 Å². The summed E-state index contributed by atoms with van der Waals surface area (Å²) in [5, 5.41) is 4.31. The summed E-state index contributed by atoms with van der Waals surface area (Å²) >= 11 is 0. The smallest absolute Gasteiger partial charge is 0.313 e. The van der Waals surface area contributed by atoms with Crippen molar-refractivity contribution in [1.82, 2.24) is 5.32 Å². The zero-order valence-corrected chi connectivity index (χ0v) is 13.4. The molecule has 2 N–H and O–H groups in total. The summed E-state index contributed by atoms with van der Waals surface area (Å²) in [5.41, 5.74) is 0.00851. The van der Waals surface area contributed by atoms with Crippen LogP contribution in [0.15, 0.2) is 30.3 Å². The van der Waals surface area contributed by atoms with Gasteiger partial charge in [-0.15, -0.1) is 0 Å². The molecule has 1 aliphatic heterocycles. The van der Waals surface area contributed by atoms with Gasteiger partial charge in [-0.2, -0.15) is 0 Å². The van der Waals surface area contributed by atoms with Gasteiger partial charge in [0.1, 0.15) is 0 Å². The summed E-state index contributed by atoms with van der Waals surface area (Å²) in [6.45, 7) is 1.72. The highest BCUT2D eigenvalue weighted by Crippen LogP contribution is 2.34. The zero-order chi connectivity index (χ0) is 18.8. The fourth-order valence-electron chi connectivity index (χ4n) is 2.33.